The monoisotopic (exact) mass is 214 g/mol. The predicted molar refractivity (Wildman–Crippen MR) is 67.9 cm³/mol. The highest BCUT2D eigenvalue weighted by atomic mass is 14.9. The summed E-state index contributed by atoms with van der Waals surface area (Å²) in [6.45, 7) is 7.17. The van der Waals surface area contributed by atoms with Gasteiger partial charge in [-0.25, -0.2) is 0 Å². The lowest BCUT2D eigenvalue weighted by molar-refractivity contribution is 0.623. The highest BCUT2D eigenvalue weighted by molar-refractivity contribution is 5.60. The fourth-order valence-corrected chi connectivity index (χ4v) is 1.41. The van der Waals surface area contributed by atoms with Gasteiger partial charge in [0.15, 0.2) is 0 Å². The molecule has 2 nitrogen and oxygen atoms in total. The van der Waals surface area contributed by atoms with Crippen molar-refractivity contribution in [3.8, 4) is 6.07 Å². The van der Waals surface area contributed by atoms with Crippen molar-refractivity contribution in [1.82, 2.24) is 5.32 Å². The normalized spacial score (nSPS) is 11.6. The zero-order valence-corrected chi connectivity index (χ0v) is 10.1. The van der Waals surface area contributed by atoms with Crippen molar-refractivity contribution in [3.05, 3.63) is 41.0 Å². The molecule has 0 saturated heterocycles. The molecule has 0 saturated carbocycles. The molecule has 0 aliphatic carbocycles. The quantitative estimate of drug-likeness (QED) is 0.836. The third-order valence-electron chi connectivity index (χ3n) is 2.27. The largest absolute Gasteiger partial charge is 0.311 e. The van der Waals surface area contributed by atoms with Crippen LogP contribution in [-0.2, 0) is 0 Å². The van der Waals surface area contributed by atoms with Crippen molar-refractivity contribution in [2.75, 3.05) is 6.54 Å². The molecule has 2 heteroatoms. The van der Waals surface area contributed by atoms with Crippen molar-refractivity contribution in [1.29, 1.82) is 5.26 Å². The summed E-state index contributed by atoms with van der Waals surface area (Å²) in [5.41, 5.74) is 2.95. The second-order valence-corrected chi connectivity index (χ2v) is 4.23. The average Bonchev–Trinajstić information content (AvgIpc) is 2.27. The summed E-state index contributed by atoms with van der Waals surface area (Å²) in [6.07, 6.45) is 2.06. The van der Waals surface area contributed by atoms with E-state index in [1.165, 1.54) is 5.57 Å². The van der Waals surface area contributed by atoms with E-state index in [0.717, 1.165) is 17.7 Å². The van der Waals surface area contributed by atoms with Gasteiger partial charge in [-0.2, -0.15) is 5.26 Å². The van der Waals surface area contributed by atoms with Crippen molar-refractivity contribution in [2.24, 2.45) is 0 Å². The molecule has 0 aromatic heterocycles. The van der Waals surface area contributed by atoms with Gasteiger partial charge in [-0.3, -0.25) is 0 Å². The fraction of sp³-hybridized carbons (Fsp3) is 0.357. The predicted octanol–water partition coefficient (Wildman–Crippen LogP) is 2.96. The number of hydrogen-bond donors (Lipinski definition) is 1. The van der Waals surface area contributed by atoms with E-state index in [9.17, 15) is 0 Å². The molecule has 0 spiro atoms. The Hall–Kier alpha value is -1.59. The topological polar surface area (TPSA) is 35.8 Å². The highest BCUT2D eigenvalue weighted by Gasteiger charge is 1.98. The van der Waals surface area contributed by atoms with Crippen LogP contribution >= 0.6 is 0 Å². The zero-order chi connectivity index (χ0) is 12.0. The van der Waals surface area contributed by atoms with Crippen LogP contribution in [0.3, 0.4) is 0 Å². The Kier molecular flexibility index (Phi) is 4.75. The third kappa shape index (κ3) is 3.88. The first-order chi connectivity index (χ1) is 7.63. The van der Waals surface area contributed by atoms with Gasteiger partial charge in [0.25, 0.3) is 0 Å². The van der Waals surface area contributed by atoms with Crippen LogP contribution in [0, 0.1) is 11.3 Å². The molecule has 0 aliphatic rings. The first-order valence-electron chi connectivity index (χ1n) is 5.53. The lowest BCUT2D eigenvalue weighted by Gasteiger charge is -2.08. The van der Waals surface area contributed by atoms with Crippen molar-refractivity contribution < 1.29 is 0 Å². The summed E-state index contributed by atoms with van der Waals surface area (Å²) in [4.78, 5) is 0. The van der Waals surface area contributed by atoms with E-state index >= 15 is 0 Å². The Labute approximate surface area is 97.6 Å². The van der Waals surface area contributed by atoms with Crippen LogP contribution in [-0.4, -0.2) is 12.6 Å². The number of nitrogens with zero attached hydrogens (tertiary/aromatic N) is 1. The second-order valence-electron chi connectivity index (χ2n) is 4.23. The van der Waals surface area contributed by atoms with Gasteiger partial charge in [-0.1, -0.05) is 43.7 Å². The van der Waals surface area contributed by atoms with E-state index in [1.54, 1.807) is 0 Å². The molecule has 0 bridgehead atoms. The number of benzene rings is 1. The van der Waals surface area contributed by atoms with Gasteiger partial charge in [0.2, 0.25) is 0 Å². The maximum absolute atomic E-state index is 8.95. The molecule has 1 aromatic carbocycles. The summed E-state index contributed by atoms with van der Waals surface area (Å²) in [5, 5.41) is 12.3. The zero-order valence-electron chi connectivity index (χ0n) is 10.1. The summed E-state index contributed by atoms with van der Waals surface area (Å²) in [7, 11) is 0. The third-order valence-corrected chi connectivity index (χ3v) is 2.27. The van der Waals surface area contributed by atoms with Crippen LogP contribution in [0.1, 0.15) is 31.9 Å². The summed E-state index contributed by atoms with van der Waals surface area (Å²) in [5.74, 6) is 0. The maximum Gasteiger partial charge on any atom is 0.0997 e. The summed E-state index contributed by atoms with van der Waals surface area (Å²) < 4.78 is 0. The van der Waals surface area contributed by atoms with Gasteiger partial charge in [-0.15, -0.1) is 0 Å². The Morgan fingerprint density at radius 1 is 1.44 bits per heavy atom. The molecule has 1 N–H and O–H groups in total. The molecule has 0 fully saturated rings. The van der Waals surface area contributed by atoms with Gasteiger partial charge in [0.1, 0.15) is 0 Å². The summed E-state index contributed by atoms with van der Waals surface area (Å²) in [6, 6.07) is 10.3. The Bertz CT molecular complexity index is 411. The molecule has 0 radical (unpaired) electrons. The molecule has 0 amide bonds. The Balaban J connectivity index is 2.78. The minimum absolute atomic E-state index is 0.481. The van der Waals surface area contributed by atoms with Crippen LogP contribution in [0.25, 0.3) is 6.08 Å². The smallest absolute Gasteiger partial charge is 0.0997 e. The number of hydrogen-bond acceptors (Lipinski definition) is 2. The lowest BCUT2D eigenvalue weighted by atomic mass is 10.1. The van der Waals surface area contributed by atoms with E-state index < -0.39 is 0 Å². The number of nitrogens with one attached hydrogen (secondary N) is 1. The van der Waals surface area contributed by atoms with E-state index in [0.29, 0.717) is 6.04 Å². The van der Waals surface area contributed by atoms with Gasteiger partial charge in [-0.05, 0) is 18.6 Å². The molecule has 0 unspecified atom stereocenters. The van der Waals surface area contributed by atoms with Gasteiger partial charge in [0, 0.05) is 12.6 Å². The van der Waals surface area contributed by atoms with Gasteiger partial charge < -0.3 is 5.32 Å². The number of nitriles is 1. The van der Waals surface area contributed by atoms with Crippen LogP contribution in [0.15, 0.2) is 29.8 Å². The summed E-state index contributed by atoms with van der Waals surface area (Å²) >= 11 is 0. The van der Waals surface area contributed by atoms with E-state index in [-0.39, 0.29) is 0 Å². The van der Waals surface area contributed by atoms with E-state index in [1.807, 2.05) is 24.3 Å². The standard InChI is InChI=1S/C14H18N2/c1-11(2)16-10-12(3)8-13-6-4-5-7-14(13)9-15/h4-8,11,16H,10H2,1-3H3/b12-8+. The van der Waals surface area contributed by atoms with Crippen molar-refractivity contribution in [3.63, 3.8) is 0 Å². The van der Waals surface area contributed by atoms with Crippen molar-refractivity contribution in [2.45, 2.75) is 26.8 Å². The SMILES string of the molecule is C/C(=C\c1ccccc1C#N)CNC(C)C. The Morgan fingerprint density at radius 2 is 2.12 bits per heavy atom. The van der Waals surface area contributed by atoms with E-state index in [4.69, 9.17) is 5.26 Å². The van der Waals surface area contributed by atoms with Gasteiger partial charge >= 0.3 is 0 Å². The fourth-order valence-electron chi connectivity index (χ4n) is 1.41. The highest BCUT2D eigenvalue weighted by Crippen LogP contribution is 2.11. The molecule has 0 aliphatic heterocycles. The molecule has 0 atom stereocenters. The Morgan fingerprint density at radius 3 is 2.75 bits per heavy atom. The van der Waals surface area contributed by atoms with E-state index in [2.05, 4.69) is 38.2 Å². The van der Waals surface area contributed by atoms with Crippen molar-refractivity contribution >= 4 is 6.08 Å². The molecule has 0 heterocycles. The van der Waals surface area contributed by atoms with Crippen LogP contribution in [0.2, 0.25) is 0 Å². The molecule has 84 valence electrons. The molecule has 1 rings (SSSR count). The van der Waals surface area contributed by atoms with Crippen LogP contribution < -0.4 is 5.32 Å². The second kappa shape index (κ2) is 6.09. The molecule has 1 aromatic rings. The minimum atomic E-state index is 0.481. The maximum atomic E-state index is 8.95. The average molecular weight is 214 g/mol. The van der Waals surface area contributed by atoms with Crippen LogP contribution in [0.5, 0.6) is 0 Å². The first-order valence-corrected chi connectivity index (χ1v) is 5.53. The van der Waals surface area contributed by atoms with Crippen LogP contribution in [0.4, 0.5) is 0 Å². The minimum Gasteiger partial charge on any atom is -0.311 e. The molecular weight excluding hydrogens is 196 g/mol. The lowest BCUT2D eigenvalue weighted by Crippen LogP contribution is -2.24. The molecular formula is C14H18N2. The number of rotatable bonds is 4. The first kappa shape index (κ1) is 12.5. The molecule has 16 heavy (non-hydrogen) atoms. The van der Waals surface area contributed by atoms with Gasteiger partial charge in [0.05, 0.1) is 11.6 Å².